The van der Waals surface area contributed by atoms with Crippen molar-refractivity contribution in [2.75, 3.05) is 20.8 Å². The molecule has 23 heavy (non-hydrogen) atoms. The quantitative estimate of drug-likeness (QED) is 0.816. The lowest BCUT2D eigenvalue weighted by Gasteiger charge is -2.31. The van der Waals surface area contributed by atoms with E-state index >= 15 is 0 Å². The summed E-state index contributed by atoms with van der Waals surface area (Å²) in [6.45, 7) is 1.54. The summed E-state index contributed by atoms with van der Waals surface area (Å²) in [6.07, 6.45) is 0.506. The molecule has 0 saturated carbocycles. The van der Waals surface area contributed by atoms with Crippen LogP contribution in [0.4, 0.5) is 4.79 Å². The van der Waals surface area contributed by atoms with E-state index in [9.17, 15) is 9.59 Å². The van der Waals surface area contributed by atoms with Gasteiger partial charge in [-0.3, -0.25) is 9.69 Å². The van der Waals surface area contributed by atoms with Crippen LogP contribution in [0.5, 0.6) is 0 Å². The van der Waals surface area contributed by atoms with E-state index in [4.69, 9.17) is 5.11 Å². The Morgan fingerprint density at radius 1 is 1.26 bits per heavy atom. The van der Waals surface area contributed by atoms with Gasteiger partial charge in [0, 0.05) is 37.2 Å². The maximum absolute atomic E-state index is 12.5. The number of hydrogen-bond donors (Lipinski definition) is 2. The number of benzene rings is 1. The van der Waals surface area contributed by atoms with Crippen LogP contribution in [0, 0.1) is 0 Å². The predicted octanol–water partition coefficient (Wildman–Crippen LogP) is 1.75. The molecule has 1 heterocycles. The zero-order chi connectivity index (χ0) is 16.7. The van der Waals surface area contributed by atoms with Crippen LogP contribution in [-0.4, -0.2) is 47.5 Å². The van der Waals surface area contributed by atoms with Crippen LogP contribution in [-0.2, 0) is 0 Å². The maximum Gasteiger partial charge on any atom is 0.326 e. The average Bonchev–Trinajstić information content (AvgIpc) is 2.84. The molecule has 6 heteroatoms. The molecule has 3 rings (SSSR count). The molecule has 0 saturated heterocycles. The minimum atomic E-state index is -0.356. The fourth-order valence-corrected chi connectivity index (χ4v) is 3.01. The molecule has 1 aromatic rings. The summed E-state index contributed by atoms with van der Waals surface area (Å²) >= 11 is 0. The fourth-order valence-electron chi connectivity index (χ4n) is 3.01. The molecule has 2 N–H and O–H groups in total. The number of rotatable bonds is 2. The highest BCUT2D eigenvalue weighted by molar-refractivity contribution is 6.21. The summed E-state index contributed by atoms with van der Waals surface area (Å²) < 4.78 is 0. The Morgan fingerprint density at radius 3 is 2.57 bits per heavy atom. The van der Waals surface area contributed by atoms with Crippen LogP contribution in [0.25, 0.3) is 5.70 Å². The average molecular weight is 313 g/mol. The number of aliphatic hydroxyl groups is 1. The number of hydrogen-bond acceptors (Lipinski definition) is 4. The Labute approximate surface area is 134 Å². The van der Waals surface area contributed by atoms with Crippen LogP contribution in [0.2, 0.25) is 0 Å². The van der Waals surface area contributed by atoms with Crippen molar-refractivity contribution in [2.45, 2.75) is 13.3 Å². The third-order valence-electron chi connectivity index (χ3n) is 4.27. The number of fused-ring (bicyclic) bond motifs is 2. The van der Waals surface area contributed by atoms with Gasteiger partial charge >= 0.3 is 6.03 Å². The van der Waals surface area contributed by atoms with Crippen molar-refractivity contribution in [1.29, 1.82) is 0 Å². The van der Waals surface area contributed by atoms with E-state index in [1.54, 1.807) is 7.05 Å². The number of carbonyl (C=O) groups is 2. The third kappa shape index (κ3) is 2.31. The largest absolute Gasteiger partial charge is 0.376 e. The molecule has 1 aliphatic carbocycles. The van der Waals surface area contributed by atoms with Crippen molar-refractivity contribution in [3.63, 3.8) is 0 Å². The van der Waals surface area contributed by atoms with Gasteiger partial charge in [0.15, 0.2) is 5.78 Å². The zero-order valence-corrected chi connectivity index (χ0v) is 13.4. The summed E-state index contributed by atoms with van der Waals surface area (Å²) in [4.78, 5) is 27.4. The number of nitrogens with zero attached hydrogens (tertiary/aromatic N) is 2. The minimum absolute atomic E-state index is 0.0444. The number of allylic oxidation sites excluding steroid dienone is 2. The monoisotopic (exact) mass is 313 g/mol. The standard InChI is InChI=1S/C17H19N3O3/c1-10-8-13-14(11-6-4-5-7-12(11)15(13)22)18-16(10)20(3)17(23)19(2)9-21/h4-7,18,21H,8-9H2,1-3H3. The molecule has 0 spiro atoms. The van der Waals surface area contributed by atoms with Crippen molar-refractivity contribution >= 4 is 17.5 Å². The Morgan fingerprint density at radius 2 is 1.91 bits per heavy atom. The Kier molecular flexibility index (Phi) is 3.69. The second-order valence-corrected chi connectivity index (χ2v) is 5.84. The van der Waals surface area contributed by atoms with E-state index in [0.717, 1.165) is 22.4 Å². The first-order valence-corrected chi connectivity index (χ1v) is 7.39. The first kappa shape index (κ1) is 15.3. The van der Waals surface area contributed by atoms with Crippen LogP contribution in [0.1, 0.15) is 29.3 Å². The van der Waals surface area contributed by atoms with Gasteiger partial charge in [-0.05, 0) is 12.5 Å². The van der Waals surface area contributed by atoms with Crippen molar-refractivity contribution < 1.29 is 14.7 Å². The van der Waals surface area contributed by atoms with Crippen LogP contribution in [0.15, 0.2) is 41.2 Å². The van der Waals surface area contributed by atoms with Gasteiger partial charge in [0.2, 0.25) is 0 Å². The first-order valence-electron chi connectivity index (χ1n) is 7.39. The number of nitrogens with one attached hydrogen (secondary N) is 1. The highest BCUT2D eigenvalue weighted by Gasteiger charge is 2.34. The van der Waals surface area contributed by atoms with Gasteiger partial charge < -0.3 is 15.3 Å². The van der Waals surface area contributed by atoms with Crippen molar-refractivity contribution in [2.24, 2.45) is 0 Å². The molecule has 120 valence electrons. The molecule has 6 nitrogen and oxygen atoms in total. The van der Waals surface area contributed by atoms with Crippen LogP contribution in [0.3, 0.4) is 0 Å². The van der Waals surface area contributed by atoms with Gasteiger partial charge in [0.05, 0.1) is 5.70 Å². The first-order chi connectivity index (χ1) is 11.0. The van der Waals surface area contributed by atoms with E-state index in [1.807, 2.05) is 31.2 Å². The lowest BCUT2D eigenvalue weighted by molar-refractivity contribution is 0.103. The topological polar surface area (TPSA) is 72.9 Å². The predicted molar refractivity (Wildman–Crippen MR) is 86.2 cm³/mol. The van der Waals surface area contributed by atoms with Crippen molar-refractivity contribution in [1.82, 2.24) is 15.1 Å². The van der Waals surface area contributed by atoms with E-state index in [-0.39, 0.29) is 18.5 Å². The Bertz CT molecular complexity index is 764. The zero-order valence-electron chi connectivity index (χ0n) is 13.4. The summed E-state index contributed by atoms with van der Waals surface area (Å²) in [5, 5.41) is 12.4. The molecule has 1 aliphatic heterocycles. The minimum Gasteiger partial charge on any atom is -0.376 e. The normalized spacial score (nSPS) is 16.1. The number of carbonyl (C=O) groups excluding carboxylic acids is 2. The third-order valence-corrected chi connectivity index (χ3v) is 4.27. The smallest absolute Gasteiger partial charge is 0.326 e. The number of Topliss-reactive ketones (excluding diaryl/α,β-unsaturated/α-hetero) is 1. The van der Waals surface area contributed by atoms with E-state index < -0.39 is 0 Å². The highest BCUT2D eigenvalue weighted by atomic mass is 16.3. The molecule has 0 radical (unpaired) electrons. The highest BCUT2D eigenvalue weighted by Crippen LogP contribution is 2.38. The summed E-state index contributed by atoms with van der Waals surface area (Å²) in [5.74, 6) is 0.696. The summed E-state index contributed by atoms with van der Waals surface area (Å²) in [5.41, 5.74) is 3.99. The Hall–Kier alpha value is -2.60. The molecule has 0 aromatic heterocycles. The number of amides is 2. The lowest BCUT2D eigenvalue weighted by atomic mass is 10.00. The van der Waals surface area contributed by atoms with Crippen LogP contribution >= 0.6 is 0 Å². The molecule has 0 atom stereocenters. The second kappa shape index (κ2) is 5.55. The molecular weight excluding hydrogens is 294 g/mol. The van der Waals surface area contributed by atoms with Gasteiger partial charge in [-0.1, -0.05) is 24.3 Å². The van der Waals surface area contributed by atoms with Gasteiger partial charge in [-0.25, -0.2) is 4.79 Å². The molecule has 0 bridgehead atoms. The van der Waals surface area contributed by atoms with E-state index in [1.165, 1.54) is 16.8 Å². The van der Waals surface area contributed by atoms with Crippen LogP contribution < -0.4 is 5.32 Å². The molecule has 1 aromatic carbocycles. The molecule has 2 amide bonds. The molecule has 0 fully saturated rings. The van der Waals surface area contributed by atoms with Gasteiger partial charge in [0.1, 0.15) is 12.6 Å². The number of urea groups is 1. The fraction of sp³-hybridized carbons (Fsp3) is 0.294. The van der Waals surface area contributed by atoms with Gasteiger partial charge in [0.25, 0.3) is 0 Å². The lowest BCUT2D eigenvalue weighted by Crippen LogP contribution is -2.43. The van der Waals surface area contributed by atoms with E-state index in [0.29, 0.717) is 17.8 Å². The summed E-state index contributed by atoms with van der Waals surface area (Å²) in [6, 6.07) is 7.14. The van der Waals surface area contributed by atoms with Crippen molar-refractivity contribution in [3.05, 3.63) is 52.4 Å². The maximum atomic E-state index is 12.5. The second-order valence-electron chi connectivity index (χ2n) is 5.84. The SMILES string of the molecule is CC1=C(N(C)C(=O)N(C)CO)NC2=C(C1)C(=O)c1ccccc12. The molecular formula is C17H19N3O3. The van der Waals surface area contributed by atoms with E-state index in [2.05, 4.69) is 5.32 Å². The molecule has 2 aliphatic rings. The Balaban J connectivity index is 1.93. The van der Waals surface area contributed by atoms with Gasteiger partial charge in [-0.2, -0.15) is 0 Å². The molecule has 0 unspecified atom stereocenters. The number of ketones is 1. The number of dihydropyridines is 1. The van der Waals surface area contributed by atoms with Gasteiger partial charge in [-0.15, -0.1) is 0 Å². The summed E-state index contributed by atoms with van der Waals surface area (Å²) in [7, 11) is 3.17. The van der Waals surface area contributed by atoms with Crippen molar-refractivity contribution in [3.8, 4) is 0 Å². The number of aliphatic hydroxyl groups excluding tert-OH is 1.